The molecule has 2 aliphatic heterocycles. The Hall–Kier alpha value is -0.120. The first-order valence-corrected chi connectivity index (χ1v) is 9.16. The van der Waals surface area contributed by atoms with Gasteiger partial charge in [-0.1, -0.05) is 27.7 Å². The van der Waals surface area contributed by atoms with Crippen molar-refractivity contribution < 1.29 is 4.74 Å². The summed E-state index contributed by atoms with van der Waals surface area (Å²) in [5.41, 5.74) is 0.416. The van der Waals surface area contributed by atoms with Crippen LogP contribution in [-0.4, -0.2) is 47.8 Å². The molecule has 0 aromatic rings. The number of piperazine rings is 1. The van der Waals surface area contributed by atoms with Crippen molar-refractivity contribution in [2.45, 2.75) is 96.4 Å². The normalized spacial score (nSPS) is 37.6. The lowest BCUT2D eigenvalue weighted by atomic mass is 9.83. The number of hydrogen-bond donors (Lipinski definition) is 1. The highest BCUT2D eigenvalue weighted by Crippen LogP contribution is 2.36. The first-order chi connectivity index (χ1) is 10.0. The minimum Gasteiger partial charge on any atom is -0.375 e. The van der Waals surface area contributed by atoms with E-state index in [1.54, 1.807) is 0 Å². The molecule has 0 aromatic carbocycles. The summed E-state index contributed by atoms with van der Waals surface area (Å²) in [6.07, 6.45) is 7.17. The van der Waals surface area contributed by atoms with Gasteiger partial charge in [0.2, 0.25) is 0 Å². The van der Waals surface area contributed by atoms with Gasteiger partial charge in [0.05, 0.1) is 5.60 Å². The summed E-state index contributed by atoms with van der Waals surface area (Å²) in [4.78, 5) is 2.82. The average molecular weight is 296 g/mol. The van der Waals surface area contributed by atoms with Crippen molar-refractivity contribution in [2.24, 2.45) is 0 Å². The fraction of sp³-hybridized carbons (Fsp3) is 1.00. The van der Waals surface area contributed by atoms with Crippen LogP contribution in [-0.2, 0) is 4.74 Å². The SMILES string of the molecule is CCC1CNC(C)(CC)CN1C1CCOC(CC)(CC)C1. The van der Waals surface area contributed by atoms with Crippen molar-refractivity contribution in [3.05, 3.63) is 0 Å². The summed E-state index contributed by atoms with van der Waals surface area (Å²) in [5, 5.41) is 3.79. The van der Waals surface area contributed by atoms with Gasteiger partial charge in [-0.05, 0) is 45.4 Å². The predicted molar refractivity (Wildman–Crippen MR) is 89.8 cm³/mol. The van der Waals surface area contributed by atoms with E-state index < -0.39 is 0 Å². The maximum Gasteiger partial charge on any atom is 0.0692 e. The molecular formula is C18H36N2O. The molecule has 0 aliphatic carbocycles. The van der Waals surface area contributed by atoms with Gasteiger partial charge in [-0.3, -0.25) is 4.90 Å². The van der Waals surface area contributed by atoms with Crippen LogP contribution >= 0.6 is 0 Å². The van der Waals surface area contributed by atoms with Crippen LogP contribution in [0.2, 0.25) is 0 Å². The maximum absolute atomic E-state index is 6.19. The van der Waals surface area contributed by atoms with Gasteiger partial charge in [-0.15, -0.1) is 0 Å². The maximum atomic E-state index is 6.19. The highest BCUT2D eigenvalue weighted by Gasteiger charge is 2.42. The Morgan fingerprint density at radius 1 is 1.14 bits per heavy atom. The summed E-state index contributed by atoms with van der Waals surface area (Å²) < 4.78 is 6.19. The summed E-state index contributed by atoms with van der Waals surface area (Å²) >= 11 is 0. The topological polar surface area (TPSA) is 24.5 Å². The number of nitrogens with one attached hydrogen (secondary N) is 1. The van der Waals surface area contributed by atoms with Crippen LogP contribution in [0, 0.1) is 0 Å². The molecule has 0 amide bonds. The third-order valence-corrected chi connectivity index (χ3v) is 6.24. The number of rotatable bonds is 5. The zero-order valence-corrected chi connectivity index (χ0v) is 14.9. The van der Waals surface area contributed by atoms with Crippen molar-refractivity contribution in [2.75, 3.05) is 19.7 Å². The Morgan fingerprint density at radius 3 is 2.43 bits per heavy atom. The Kier molecular flexibility index (Phi) is 5.72. The van der Waals surface area contributed by atoms with Crippen molar-refractivity contribution in [1.82, 2.24) is 10.2 Å². The Morgan fingerprint density at radius 2 is 1.86 bits per heavy atom. The third-order valence-electron chi connectivity index (χ3n) is 6.24. The first kappa shape index (κ1) is 17.2. The lowest BCUT2D eigenvalue weighted by molar-refractivity contribution is -0.121. The molecule has 1 N–H and O–H groups in total. The molecule has 0 radical (unpaired) electrons. The molecule has 0 spiro atoms. The smallest absolute Gasteiger partial charge is 0.0692 e. The molecule has 0 bridgehead atoms. The van der Waals surface area contributed by atoms with Crippen LogP contribution in [0.25, 0.3) is 0 Å². The Labute approximate surface area is 131 Å². The van der Waals surface area contributed by atoms with E-state index in [0.29, 0.717) is 12.1 Å². The van der Waals surface area contributed by atoms with Gasteiger partial charge in [0.15, 0.2) is 0 Å². The average Bonchev–Trinajstić information content (AvgIpc) is 2.54. The van der Waals surface area contributed by atoms with Gasteiger partial charge in [0, 0.05) is 37.3 Å². The number of hydrogen-bond acceptors (Lipinski definition) is 3. The summed E-state index contributed by atoms with van der Waals surface area (Å²) in [7, 11) is 0. The monoisotopic (exact) mass is 296 g/mol. The van der Waals surface area contributed by atoms with Gasteiger partial charge >= 0.3 is 0 Å². The molecule has 2 saturated heterocycles. The molecule has 3 unspecified atom stereocenters. The van der Waals surface area contributed by atoms with Crippen molar-refractivity contribution in [3.8, 4) is 0 Å². The van der Waals surface area contributed by atoms with Gasteiger partial charge in [0.1, 0.15) is 0 Å². The second kappa shape index (κ2) is 6.97. The lowest BCUT2D eigenvalue weighted by Crippen LogP contribution is -2.66. The van der Waals surface area contributed by atoms with Crippen molar-refractivity contribution >= 4 is 0 Å². The van der Waals surface area contributed by atoms with Crippen molar-refractivity contribution in [1.29, 1.82) is 0 Å². The Bertz CT molecular complexity index is 329. The summed E-state index contributed by atoms with van der Waals surface area (Å²) in [6, 6.07) is 1.40. The summed E-state index contributed by atoms with van der Waals surface area (Å²) in [5.74, 6) is 0. The zero-order valence-electron chi connectivity index (χ0n) is 14.9. The molecule has 2 heterocycles. The van der Waals surface area contributed by atoms with Gasteiger partial charge in [-0.25, -0.2) is 0 Å². The lowest BCUT2D eigenvalue weighted by Gasteiger charge is -2.52. The molecule has 3 atom stereocenters. The van der Waals surface area contributed by atoms with Crippen LogP contribution in [0.1, 0.15) is 73.1 Å². The van der Waals surface area contributed by atoms with E-state index in [1.807, 2.05) is 0 Å². The van der Waals surface area contributed by atoms with Crippen LogP contribution in [0.5, 0.6) is 0 Å². The van der Waals surface area contributed by atoms with Crippen LogP contribution < -0.4 is 5.32 Å². The first-order valence-electron chi connectivity index (χ1n) is 9.16. The molecule has 2 rings (SSSR count). The van der Waals surface area contributed by atoms with E-state index in [9.17, 15) is 0 Å². The molecule has 2 aliphatic rings. The second-order valence-electron chi connectivity index (χ2n) is 7.41. The van der Waals surface area contributed by atoms with E-state index in [0.717, 1.165) is 26.0 Å². The number of nitrogens with zero attached hydrogens (tertiary/aromatic N) is 1. The number of ether oxygens (including phenoxy) is 1. The van der Waals surface area contributed by atoms with Crippen molar-refractivity contribution in [3.63, 3.8) is 0 Å². The fourth-order valence-electron chi connectivity index (χ4n) is 4.14. The van der Waals surface area contributed by atoms with Crippen LogP contribution in [0.4, 0.5) is 0 Å². The minimum absolute atomic E-state index is 0.134. The van der Waals surface area contributed by atoms with Crippen LogP contribution in [0.3, 0.4) is 0 Å². The van der Waals surface area contributed by atoms with Gasteiger partial charge in [0.25, 0.3) is 0 Å². The van der Waals surface area contributed by atoms with E-state index in [2.05, 4.69) is 44.8 Å². The molecule has 0 saturated carbocycles. The van der Waals surface area contributed by atoms with Gasteiger partial charge < -0.3 is 10.1 Å². The van der Waals surface area contributed by atoms with E-state index in [1.165, 1.54) is 32.2 Å². The molecule has 3 nitrogen and oxygen atoms in total. The highest BCUT2D eigenvalue weighted by atomic mass is 16.5. The largest absolute Gasteiger partial charge is 0.375 e. The molecule has 3 heteroatoms. The summed E-state index contributed by atoms with van der Waals surface area (Å²) in [6.45, 7) is 14.9. The predicted octanol–water partition coefficient (Wildman–Crippen LogP) is 3.58. The van der Waals surface area contributed by atoms with Crippen LogP contribution in [0.15, 0.2) is 0 Å². The van der Waals surface area contributed by atoms with E-state index in [-0.39, 0.29) is 11.1 Å². The molecule has 0 aromatic heterocycles. The van der Waals surface area contributed by atoms with E-state index in [4.69, 9.17) is 4.74 Å². The molecular weight excluding hydrogens is 260 g/mol. The molecule has 2 fully saturated rings. The second-order valence-corrected chi connectivity index (χ2v) is 7.41. The van der Waals surface area contributed by atoms with Gasteiger partial charge in [-0.2, -0.15) is 0 Å². The molecule has 21 heavy (non-hydrogen) atoms. The highest BCUT2D eigenvalue weighted by molar-refractivity contribution is 4.99. The standard InChI is InChI=1S/C18H36N2O/c1-6-15-13-19-17(5,7-2)14-20(15)16-10-11-21-18(8-3,9-4)12-16/h15-16,19H,6-14H2,1-5H3. The van der Waals surface area contributed by atoms with E-state index >= 15 is 0 Å². The quantitative estimate of drug-likeness (QED) is 0.839. The Balaban J connectivity index is 2.12. The molecule has 124 valence electrons. The minimum atomic E-state index is 0.134. The fourth-order valence-corrected chi connectivity index (χ4v) is 4.14. The zero-order chi connectivity index (χ0) is 15.5. The third kappa shape index (κ3) is 3.62.